The van der Waals surface area contributed by atoms with E-state index < -0.39 is 0 Å². The number of nitrogens with zero attached hydrogens (tertiary/aromatic N) is 6. The fourth-order valence-electron chi connectivity index (χ4n) is 2.70. The Hall–Kier alpha value is -2.51. The van der Waals surface area contributed by atoms with Gasteiger partial charge >= 0.3 is 0 Å². The zero-order valence-corrected chi connectivity index (χ0v) is 12.4. The fraction of sp³-hybridized carbons (Fsp3) is 0.500. The van der Waals surface area contributed by atoms with Crippen LogP contribution >= 0.6 is 0 Å². The van der Waals surface area contributed by atoms with Crippen LogP contribution in [0.25, 0.3) is 0 Å². The summed E-state index contributed by atoms with van der Waals surface area (Å²) in [6, 6.07) is 3.22. The lowest BCUT2D eigenvalue weighted by molar-refractivity contribution is -0.133. The minimum Gasteiger partial charge on any atom is -0.339 e. The molecule has 1 aliphatic heterocycles. The van der Waals surface area contributed by atoms with Crippen molar-refractivity contribution in [3.8, 4) is 0 Å². The number of hydrogen-bond donors (Lipinski definition) is 0. The van der Waals surface area contributed by atoms with Gasteiger partial charge in [0, 0.05) is 19.2 Å². The van der Waals surface area contributed by atoms with Crippen LogP contribution in [-0.2, 0) is 11.3 Å². The molecule has 1 aliphatic rings. The zero-order valence-electron chi connectivity index (χ0n) is 12.4. The molecule has 8 nitrogen and oxygen atoms in total. The van der Waals surface area contributed by atoms with Crippen molar-refractivity contribution in [3.05, 3.63) is 40.8 Å². The summed E-state index contributed by atoms with van der Waals surface area (Å²) < 4.78 is 3.01. The summed E-state index contributed by atoms with van der Waals surface area (Å²) in [7, 11) is 0. The summed E-state index contributed by atoms with van der Waals surface area (Å²) in [5.41, 5.74) is 0.454. The molecule has 0 aliphatic carbocycles. The van der Waals surface area contributed by atoms with Gasteiger partial charge in [0.25, 0.3) is 5.56 Å². The van der Waals surface area contributed by atoms with Crippen molar-refractivity contribution in [3.63, 3.8) is 0 Å². The summed E-state index contributed by atoms with van der Waals surface area (Å²) in [5.74, 6) is -0.0926. The lowest BCUT2D eigenvalue weighted by Crippen LogP contribution is -2.43. The first-order valence-electron chi connectivity index (χ1n) is 7.30. The Labute approximate surface area is 127 Å². The number of likely N-dealkylation sites (tertiary alicyclic amines) is 1. The smallest absolute Gasteiger partial charge is 0.267 e. The number of carbonyl (C=O) groups is 1. The summed E-state index contributed by atoms with van der Waals surface area (Å²) in [6.07, 6.45) is 5.05. The highest BCUT2D eigenvalue weighted by Gasteiger charge is 2.25. The zero-order chi connectivity index (χ0) is 15.5. The molecular formula is C14H18N6O2. The maximum atomic E-state index is 12.4. The molecule has 0 radical (unpaired) electrons. The standard InChI is InChI=1S/C14H18N6O2/c1-11-4-5-13(21)19(17-11)8-14(22)18-6-2-3-12(7-18)20-10-15-9-16-20/h4-5,9-10,12H,2-3,6-8H2,1H3/t12-/m0/s1. The lowest BCUT2D eigenvalue weighted by atomic mass is 10.1. The molecule has 116 valence electrons. The topological polar surface area (TPSA) is 85.9 Å². The Morgan fingerprint density at radius 3 is 3.05 bits per heavy atom. The van der Waals surface area contributed by atoms with Crippen molar-refractivity contribution in [2.24, 2.45) is 0 Å². The Morgan fingerprint density at radius 1 is 1.41 bits per heavy atom. The van der Waals surface area contributed by atoms with Crippen LogP contribution in [0.1, 0.15) is 24.6 Å². The first-order valence-corrected chi connectivity index (χ1v) is 7.30. The fourth-order valence-corrected chi connectivity index (χ4v) is 2.70. The van der Waals surface area contributed by atoms with Gasteiger partial charge in [0.05, 0.1) is 11.7 Å². The van der Waals surface area contributed by atoms with Crippen LogP contribution in [0.5, 0.6) is 0 Å². The highest BCUT2D eigenvalue weighted by atomic mass is 16.2. The van der Waals surface area contributed by atoms with Gasteiger partial charge in [-0.25, -0.2) is 14.3 Å². The van der Waals surface area contributed by atoms with E-state index in [1.807, 2.05) is 0 Å². The first-order chi connectivity index (χ1) is 10.6. The third-order valence-corrected chi connectivity index (χ3v) is 3.84. The van der Waals surface area contributed by atoms with Gasteiger partial charge in [0.15, 0.2) is 0 Å². The van der Waals surface area contributed by atoms with Crippen molar-refractivity contribution in [1.82, 2.24) is 29.4 Å². The van der Waals surface area contributed by atoms with E-state index in [4.69, 9.17) is 0 Å². The van der Waals surface area contributed by atoms with Gasteiger partial charge in [0.2, 0.25) is 5.91 Å². The molecule has 0 saturated carbocycles. The molecule has 8 heteroatoms. The van der Waals surface area contributed by atoms with Crippen molar-refractivity contribution in [2.45, 2.75) is 32.4 Å². The molecule has 0 bridgehead atoms. The van der Waals surface area contributed by atoms with Crippen LogP contribution in [0, 0.1) is 6.92 Å². The third kappa shape index (κ3) is 3.05. The summed E-state index contributed by atoms with van der Waals surface area (Å²) >= 11 is 0. The molecule has 3 rings (SSSR count). The Balaban J connectivity index is 1.69. The maximum Gasteiger partial charge on any atom is 0.267 e. The van der Waals surface area contributed by atoms with E-state index in [0.717, 1.165) is 12.8 Å². The van der Waals surface area contributed by atoms with Gasteiger partial charge in [-0.15, -0.1) is 0 Å². The average Bonchev–Trinajstić information content (AvgIpc) is 3.05. The number of rotatable bonds is 3. The molecule has 0 unspecified atom stereocenters. The van der Waals surface area contributed by atoms with Crippen molar-refractivity contribution in [1.29, 1.82) is 0 Å². The molecular weight excluding hydrogens is 284 g/mol. The maximum absolute atomic E-state index is 12.4. The van der Waals surface area contributed by atoms with Crippen LogP contribution in [0.2, 0.25) is 0 Å². The second kappa shape index (κ2) is 6.08. The van der Waals surface area contributed by atoms with E-state index in [-0.39, 0.29) is 24.1 Å². The molecule has 22 heavy (non-hydrogen) atoms. The van der Waals surface area contributed by atoms with Gasteiger partial charge in [-0.3, -0.25) is 9.59 Å². The largest absolute Gasteiger partial charge is 0.339 e. The van der Waals surface area contributed by atoms with Gasteiger partial charge in [-0.05, 0) is 25.8 Å². The van der Waals surface area contributed by atoms with E-state index in [0.29, 0.717) is 18.8 Å². The second-order valence-corrected chi connectivity index (χ2v) is 5.48. The lowest BCUT2D eigenvalue weighted by Gasteiger charge is -2.32. The Morgan fingerprint density at radius 2 is 2.27 bits per heavy atom. The molecule has 0 N–H and O–H groups in total. The predicted molar refractivity (Wildman–Crippen MR) is 78.1 cm³/mol. The van der Waals surface area contributed by atoms with E-state index in [2.05, 4.69) is 15.2 Å². The first kappa shape index (κ1) is 14.4. The van der Waals surface area contributed by atoms with Gasteiger partial charge in [-0.2, -0.15) is 10.2 Å². The molecule has 1 fully saturated rings. The van der Waals surface area contributed by atoms with Crippen LogP contribution in [0.3, 0.4) is 0 Å². The average molecular weight is 302 g/mol. The molecule has 1 saturated heterocycles. The second-order valence-electron chi connectivity index (χ2n) is 5.48. The van der Waals surface area contributed by atoms with E-state index in [1.54, 1.807) is 28.9 Å². The van der Waals surface area contributed by atoms with Gasteiger partial charge in [-0.1, -0.05) is 0 Å². The highest BCUT2D eigenvalue weighted by molar-refractivity contribution is 5.76. The molecule has 1 amide bonds. The van der Waals surface area contributed by atoms with Crippen LogP contribution in [0.4, 0.5) is 0 Å². The quantitative estimate of drug-likeness (QED) is 0.797. The van der Waals surface area contributed by atoms with Crippen LogP contribution < -0.4 is 5.56 Å². The number of aromatic nitrogens is 5. The molecule has 1 atom stereocenters. The number of amides is 1. The number of piperidine rings is 1. The number of aryl methyl sites for hydroxylation is 1. The summed E-state index contributed by atoms with van der Waals surface area (Å²) in [5, 5.41) is 8.25. The molecule has 0 spiro atoms. The minimum atomic E-state index is -0.260. The van der Waals surface area contributed by atoms with Gasteiger partial charge in [0.1, 0.15) is 19.2 Å². The van der Waals surface area contributed by atoms with Crippen molar-refractivity contribution < 1.29 is 4.79 Å². The molecule has 0 aromatic carbocycles. The Bertz CT molecular complexity index is 708. The molecule has 3 heterocycles. The van der Waals surface area contributed by atoms with Gasteiger partial charge < -0.3 is 4.90 Å². The normalized spacial score (nSPS) is 18.4. The molecule has 2 aromatic rings. The summed E-state index contributed by atoms with van der Waals surface area (Å²) in [6.45, 7) is 3.06. The number of hydrogen-bond acceptors (Lipinski definition) is 5. The Kier molecular flexibility index (Phi) is 3.99. The predicted octanol–water partition coefficient (Wildman–Crippen LogP) is 0.00692. The van der Waals surface area contributed by atoms with Crippen LogP contribution in [-0.4, -0.2) is 48.4 Å². The number of carbonyl (C=O) groups excluding carboxylic acids is 1. The monoisotopic (exact) mass is 302 g/mol. The van der Waals surface area contributed by atoms with Crippen molar-refractivity contribution in [2.75, 3.05) is 13.1 Å². The van der Waals surface area contributed by atoms with E-state index >= 15 is 0 Å². The summed E-state index contributed by atoms with van der Waals surface area (Å²) in [4.78, 5) is 29.9. The van der Waals surface area contributed by atoms with E-state index in [1.165, 1.54) is 17.1 Å². The van der Waals surface area contributed by atoms with E-state index in [9.17, 15) is 9.59 Å². The highest BCUT2D eigenvalue weighted by Crippen LogP contribution is 2.20. The van der Waals surface area contributed by atoms with Crippen LogP contribution in [0.15, 0.2) is 29.6 Å². The molecule has 2 aromatic heterocycles. The van der Waals surface area contributed by atoms with Crippen molar-refractivity contribution >= 4 is 5.91 Å². The SMILES string of the molecule is Cc1ccc(=O)n(CC(=O)N2CCC[C@H](n3cncn3)C2)n1. The third-order valence-electron chi connectivity index (χ3n) is 3.84. The minimum absolute atomic E-state index is 0.0232.